The average molecular weight is 327 g/mol. The third-order valence-electron chi connectivity index (χ3n) is 3.65. The maximum absolute atomic E-state index is 12.1. The fourth-order valence-electron chi connectivity index (χ4n) is 2.41. The van der Waals surface area contributed by atoms with Gasteiger partial charge in [0.25, 0.3) is 0 Å². The zero-order valence-corrected chi connectivity index (χ0v) is 12.5. The Bertz CT molecular complexity index is 557. The highest BCUT2D eigenvalue weighted by Gasteiger charge is 2.65. The van der Waals surface area contributed by atoms with Crippen molar-refractivity contribution in [2.45, 2.75) is 20.8 Å². The van der Waals surface area contributed by atoms with E-state index in [1.165, 1.54) is 0 Å². The van der Waals surface area contributed by atoms with Gasteiger partial charge in [0.05, 0.1) is 17.5 Å². The van der Waals surface area contributed by atoms with Crippen molar-refractivity contribution >= 4 is 33.6 Å². The Morgan fingerprint density at radius 1 is 1.37 bits per heavy atom. The summed E-state index contributed by atoms with van der Waals surface area (Å²) in [6, 6.07) is 3.48. The zero-order valence-electron chi connectivity index (χ0n) is 10.9. The Balaban J connectivity index is 2.10. The molecule has 102 valence electrons. The van der Waals surface area contributed by atoms with Crippen molar-refractivity contribution in [3.63, 3.8) is 0 Å². The molecule has 2 N–H and O–H groups in total. The number of hydrogen-bond donors (Lipinski definition) is 2. The standard InChI is InChI=1S/C13H15BrN2O3/c1-6-7(14)4-5-8(15-6)16-11(17)9-10(12(18)19)13(9,2)3/h4-5,9-10H,1-3H3,(H,18,19)(H,15,16,17)/t9-,10+/m1/s1. The zero-order chi connectivity index (χ0) is 14.4. The highest BCUT2D eigenvalue weighted by atomic mass is 79.9. The van der Waals surface area contributed by atoms with Crippen LogP contribution in [-0.2, 0) is 9.59 Å². The van der Waals surface area contributed by atoms with Crippen molar-refractivity contribution in [1.29, 1.82) is 0 Å². The number of pyridine rings is 1. The molecule has 19 heavy (non-hydrogen) atoms. The largest absolute Gasteiger partial charge is 0.481 e. The summed E-state index contributed by atoms with van der Waals surface area (Å²) in [5, 5.41) is 11.7. The quantitative estimate of drug-likeness (QED) is 0.894. The molecular formula is C13H15BrN2O3. The number of aryl methyl sites for hydroxylation is 1. The van der Waals surface area contributed by atoms with Gasteiger partial charge in [-0.2, -0.15) is 0 Å². The number of nitrogens with one attached hydrogen (secondary N) is 1. The molecular weight excluding hydrogens is 312 g/mol. The minimum atomic E-state index is -0.926. The highest BCUT2D eigenvalue weighted by Crippen LogP contribution is 2.58. The van der Waals surface area contributed by atoms with Crippen LogP contribution in [0.1, 0.15) is 19.5 Å². The molecule has 0 radical (unpaired) electrons. The van der Waals surface area contributed by atoms with E-state index >= 15 is 0 Å². The smallest absolute Gasteiger partial charge is 0.307 e. The minimum absolute atomic E-state index is 0.286. The third kappa shape index (κ3) is 2.49. The number of carboxylic acids is 1. The Morgan fingerprint density at radius 2 is 2.00 bits per heavy atom. The summed E-state index contributed by atoms with van der Waals surface area (Å²) in [6.45, 7) is 5.40. The van der Waals surface area contributed by atoms with E-state index in [4.69, 9.17) is 5.11 Å². The number of carboxylic acid groups (broad SMARTS) is 1. The van der Waals surface area contributed by atoms with Crippen LogP contribution < -0.4 is 5.32 Å². The number of carbonyl (C=O) groups excluding carboxylic acids is 1. The Hall–Kier alpha value is -1.43. The van der Waals surface area contributed by atoms with Crippen molar-refractivity contribution in [1.82, 2.24) is 4.98 Å². The number of anilines is 1. The summed E-state index contributed by atoms with van der Waals surface area (Å²) in [6.07, 6.45) is 0. The van der Waals surface area contributed by atoms with E-state index in [1.54, 1.807) is 26.0 Å². The van der Waals surface area contributed by atoms with Gasteiger partial charge >= 0.3 is 5.97 Å². The first-order chi connectivity index (χ1) is 8.75. The first-order valence-electron chi connectivity index (χ1n) is 5.92. The molecule has 0 saturated heterocycles. The van der Waals surface area contributed by atoms with Gasteiger partial charge in [0.1, 0.15) is 5.82 Å². The molecule has 1 aliphatic rings. The number of aliphatic carboxylic acids is 1. The predicted octanol–water partition coefficient (Wildman–Crippen LogP) is 2.45. The van der Waals surface area contributed by atoms with Crippen molar-refractivity contribution in [3.05, 3.63) is 22.3 Å². The van der Waals surface area contributed by atoms with E-state index in [1.807, 2.05) is 6.92 Å². The summed E-state index contributed by atoms with van der Waals surface area (Å²) in [4.78, 5) is 27.3. The molecule has 1 heterocycles. The summed E-state index contributed by atoms with van der Waals surface area (Å²) in [5.41, 5.74) is 0.267. The number of halogens is 1. The van der Waals surface area contributed by atoms with E-state index in [-0.39, 0.29) is 5.91 Å². The third-order valence-corrected chi connectivity index (χ3v) is 4.49. The molecule has 1 aromatic rings. The van der Waals surface area contributed by atoms with Crippen LogP contribution in [0.25, 0.3) is 0 Å². The molecule has 0 aromatic carbocycles. The molecule has 0 bridgehead atoms. The summed E-state index contributed by atoms with van der Waals surface area (Å²) in [7, 11) is 0. The maximum Gasteiger partial charge on any atom is 0.307 e. The maximum atomic E-state index is 12.1. The highest BCUT2D eigenvalue weighted by molar-refractivity contribution is 9.10. The van der Waals surface area contributed by atoms with Gasteiger partial charge in [-0.05, 0) is 40.4 Å². The number of amides is 1. The number of rotatable bonds is 3. The van der Waals surface area contributed by atoms with Crippen molar-refractivity contribution < 1.29 is 14.7 Å². The van der Waals surface area contributed by atoms with E-state index in [0.29, 0.717) is 5.82 Å². The van der Waals surface area contributed by atoms with Crippen molar-refractivity contribution in [2.24, 2.45) is 17.3 Å². The average Bonchev–Trinajstić information content (AvgIpc) is 2.87. The van der Waals surface area contributed by atoms with E-state index in [0.717, 1.165) is 10.2 Å². The number of hydrogen-bond acceptors (Lipinski definition) is 3. The molecule has 2 rings (SSSR count). The lowest BCUT2D eigenvalue weighted by Crippen LogP contribution is -2.18. The molecule has 0 spiro atoms. The molecule has 1 amide bonds. The van der Waals surface area contributed by atoms with Gasteiger partial charge in [-0.25, -0.2) is 4.98 Å². The molecule has 1 fully saturated rings. The SMILES string of the molecule is Cc1nc(NC(=O)[C@H]2[C@@H](C(=O)O)C2(C)C)ccc1Br. The Morgan fingerprint density at radius 3 is 2.47 bits per heavy atom. The molecule has 1 aromatic heterocycles. The summed E-state index contributed by atoms with van der Waals surface area (Å²) in [5.74, 6) is -1.89. The van der Waals surface area contributed by atoms with Gasteiger partial charge in [-0.1, -0.05) is 13.8 Å². The van der Waals surface area contributed by atoms with E-state index < -0.39 is 23.2 Å². The molecule has 0 aliphatic heterocycles. The Kier molecular flexibility index (Phi) is 3.38. The van der Waals surface area contributed by atoms with Crippen molar-refractivity contribution in [2.75, 3.05) is 5.32 Å². The second kappa shape index (κ2) is 4.59. The van der Waals surface area contributed by atoms with Gasteiger partial charge in [-0.15, -0.1) is 0 Å². The molecule has 5 nitrogen and oxygen atoms in total. The molecule has 1 saturated carbocycles. The van der Waals surface area contributed by atoms with Crippen LogP contribution in [0.15, 0.2) is 16.6 Å². The van der Waals surface area contributed by atoms with Crippen LogP contribution in [0.2, 0.25) is 0 Å². The van der Waals surface area contributed by atoms with Crippen LogP contribution in [-0.4, -0.2) is 22.0 Å². The minimum Gasteiger partial charge on any atom is -0.481 e. The van der Waals surface area contributed by atoms with Gasteiger partial charge in [0.15, 0.2) is 0 Å². The molecule has 1 aliphatic carbocycles. The second-order valence-electron chi connectivity index (χ2n) is 5.37. The summed E-state index contributed by atoms with van der Waals surface area (Å²) >= 11 is 3.33. The predicted molar refractivity (Wildman–Crippen MR) is 73.7 cm³/mol. The molecule has 0 unspecified atom stereocenters. The van der Waals surface area contributed by atoms with Gasteiger partial charge in [0.2, 0.25) is 5.91 Å². The first kappa shape index (κ1) is 14.0. The van der Waals surface area contributed by atoms with E-state index in [2.05, 4.69) is 26.2 Å². The van der Waals surface area contributed by atoms with Crippen LogP contribution in [0.5, 0.6) is 0 Å². The van der Waals surface area contributed by atoms with Gasteiger partial charge in [-0.3, -0.25) is 9.59 Å². The van der Waals surface area contributed by atoms with E-state index in [9.17, 15) is 9.59 Å². The lowest BCUT2D eigenvalue weighted by atomic mass is 10.1. The van der Waals surface area contributed by atoms with Crippen LogP contribution in [0.4, 0.5) is 5.82 Å². The lowest BCUT2D eigenvalue weighted by molar-refractivity contribution is -0.140. The van der Waals surface area contributed by atoms with Crippen LogP contribution >= 0.6 is 15.9 Å². The topological polar surface area (TPSA) is 79.3 Å². The summed E-state index contributed by atoms with van der Waals surface area (Å²) < 4.78 is 0.862. The Labute approximate surface area is 119 Å². The monoisotopic (exact) mass is 326 g/mol. The normalized spacial score (nSPS) is 23.8. The number of carbonyl (C=O) groups is 2. The van der Waals surface area contributed by atoms with Crippen molar-refractivity contribution in [3.8, 4) is 0 Å². The molecule has 2 atom stereocenters. The second-order valence-corrected chi connectivity index (χ2v) is 6.22. The van der Waals surface area contributed by atoms with Gasteiger partial charge < -0.3 is 10.4 Å². The first-order valence-corrected chi connectivity index (χ1v) is 6.71. The fraction of sp³-hybridized carbons (Fsp3) is 0.462. The number of nitrogens with zero attached hydrogens (tertiary/aromatic N) is 1. The molecule has 6 heteroatoms. The fourth-order valence-corrected chi connectivity index (χ4v) is 2.63. The lowest BCUT2D eigenvalue weighted by Gasteiger charge is -2.06. The van der Waals surface area contributed by atoms with Crippen LogP contribution in [0, 0.1) is 24.2 Å². The number of aromatic nitrogens is 1. The van der Waals surface area contributed by atoms with Gasteiger partial charge in [0, 0.05) is 4.47 Å². The van der Waals surface area contributed by atoms with Crippen LogP contribution in [0.3, 0.4) is 0 Å².